The summed E-state index contributed by atoms with van der Waals surface area (Å²) in [6.07, 6.45) is 9.91. The van der Waals surface area contributed by atoms with Crippen LogP contribution in [0.1, 0.15) is 58.8 Å². The molecule has 1 saturated heterocycles. The van der Waals surface area contributed by atoms with E-state index in [2.05, 4.69) is 24.1 Å². The van der Waals surface area contributed by atoms with Gasteiger partial charge in [0, 0.05) is 32.3 Å². The highest BCUT2D eigenvalue weighted by atomic mass is 16.5. The van der Waals surface area contributed by atoms with E-state index in [0.29, 0.717) is 6.10 Å². The SMILES string of the molecule is CCCNC1CCCCCC1CN1CCCOC(C)C1. The molecule has 118 valence electrons. The zero-order chi connectivity index (χ0) is 14.2. The Hall–Kier alpha value is -0.120. The Balaban J connectivity index is 1.88. The molecule has 3 nitrogen and oxygen atoms in total. The van der Waals surface area contributed by atoms with Crippen LogP contribution in [0.2, 0.25) is 0 Å². The van der Waals surface area contributed by atoms with Gasteiger partial charge in [-0.2, -0.15) is 0 Å². The van der Waals surface area contributed by atoms with Crippen LogP contribution in [0.25, 0.3) is 0 Å². The third-order valence-corrected chi connectivity index (χ3v) is 4.84. The van der Waals surface area contributed by atoms with Crippen molar-refractivity contribution >= 4 is 0 Å². The van der Waals surface area contributed by atoms with Gasteiger partial charge >= 0.3 is 0 Å². The highest BCUT2D eigenvalue weighted by molar-refractivity contribution is 4.83. The minimum atomic E-state index is 0.408. The molecule has 0 bridgehead atoms. The van der Waals surface area contributed by atoms with Crippen molar-refractivity contribution in [1.29, 1.82) is 0 Å². The first-order chi connectivity index (χ1) is 9.79. The van der Waals surface area contributed by atoms with E-state index < -0.39 is 0 Å². The number of hydrogen-bond acceptors (Lipinski definition) is 3. The summed E-state index contributed by atoms with van der Waals surface area (Å²) in [4.78, 5) is 2.66. The number of ether oxygens (including phenoxy) is 1. The minimum Gasteiger partial charge on any atom is -0.377 e. The lowest BCUT2D eigenvalue weighted by molar-refractivity contribution is 0.0640. The largest absolute Gasteiger partial charge is 0.377 e. The molecule has 1 heterocycles. The Morgan fingerprint density at radius 3 is 2.85 bits per heavy atom. The van der Waals surface area contributed by atoms with Gasteiger partial charge in [-0.05, 0) is 45.1 Å². The molecule has 2 rings (SSSR count). The zero-order valence-electron chi connectivity index (χ0n) is 13.6. The monoisotopic (exact) mass is 282 g/mol. The smallest absolute Gasteiger partial charge is 0.0673 e. The second-order valence-corrected chi connectivity index (χ2v) is 6.75. The van der Waals surface area contributed by atoms with Crippen molar-refractivity contribution in [2.24, 2.45) is 5.92 Å². The molecule has 0 radical (unpaired) electrons. The standard InChI is InChI=1S/C17H34N2O/c1-3-10-18-17-9-6-4-5-8-16(17)14-19-11-7-12-20-15(2)13-19/h15-18H,3-14H2,1-2H3. The molecule has 1 aliphatic carbocycles. The van der Waals surface area contributed by atoms with E-state index in [0.717, 1.165) is 25.1 Å². The van der Waals surface area contributed by atoms with Crippen LogP contribution >= 0.6 is 0 Å². The molecule has 3 heteroatoms. The van der Waals surface area contributed by atoms with Gasteiger partial charge in [-0.15, -0.1) is 0 Å². The van der Waals surface area contributed by atoms with Gasteiger partial charge in [0.25, 0.3) is 0 Å². The van der Waals surface area contributed by atoms with Crippen LogP contribution in [-0.4, -0.2) is 49.8 Å². The third-order valence-electron chi connectivity index (χ3n) is 4.84. The Morgan fingerprint density at radius 2 is 2.00 bits per heavy atom. The molecule has 1 aliphatic heterocycles. The second kappa shape index (κ2) is 9.01. The molecule has 2 aliphatic rings. The molecule has 20 heavy (non-hydrogen) atoms. The predicted octanol–water partition coefficient (Wildman–Crippen LogP) is 3.05. The highest BCUT2D eigenvalue weighted by Gasteiger charge is 2.26. The summed E-state index contributed by atoms with van der Waals surface area (Å²) in [5, 5.41) is 3.82. The summed E-state index contributed by atoms with van der Waals surface area (Å²) in [6, 6.07) is 0.747. The first-order valence-corrected chi connectivity index (χ1v) is 8.87. The van der Waals surface area contributed by atoms with Crippen LogP contribution in [0.5, 0.6) is 0 Å². The summed E-state index contributed by atoms with van der Waals surface area (Å²) in [5.41, 5.74) is 0. The summed E-state index contributed by atoms with van der Waals surface area (Å²) >= 11 is 0. The Labute approximate surface area is 125 Å². The van der Waals surface area contributed by atoms with Crippen molar-refractivity contribution in [3.63, 3.8) is 0 Å². The molecule has 1 N–H and O–H groups in total. The van der Waals surface area contributed by atoms with Crippen LogP contribution < -0.4 is 5.32 Å². The molecule has 0 aromatic rings. The number of nitrogens with zero attached hydrogens (tertiary/aromatic N) is 1. The normalized spacial score (nSPS) is 33.6. The van der Waals surface area contributed by atoms with Gasteiger partial charge in [-0.1, -0.05) is 26.2 Å². The minimum absolute atomic E-state index is 0.408. The van der Waals surface area contributed by atoms with Crippen LogP contribution in [0.3, 0.4) is 0 Å². The van der Waals surface area contributed by atoms with Gasteiger partial charge in [0.05, 0.1) is 6.10 Å². The summed E-state index contributed by atoms with van der Waals surface area (Å²) < 4.78 is 5.78. The molecule has 0 amide bonds. The number of rotatable bonds is 5. The average molecular weight is 282 g/mol. The second-order valence-electron chi connectivity index (χ2n) is 6.75. The summed E-state index contributed by atoms with van der Waals surface area (Å²) in [7, 11) is 0. The first kappa shape index (κ1) is 16.3. The van der Waals surface area contributed by atoms with Gasteiger partial charge < -0.3 is 15.0 Å². The fourth-order valence-electron chi connectivity index (χ4n) is 3.78. The van der Waals surface area contributed by atoms with Crippen molar-refractivity contribution in [1.82, 2.24) is 10.2 Å². The predicted molar refractivity (Wildman–Crippen MR) is 85.1 cm³/mol. The molecular formula is C17H34N2O. The van der Waals surface area contributed by atoms with E-state index in [4.69, 9.17) is 4.74 Å². The van der Waals surface area contributed by atoms with Crippen molar-refractivity contribution in [2.75, 3.05) is 32.8 Å². The molecule has 0 aromatic carbocycles. The van der Waals surface area contributed by atoms with Crippen molar-refractivity contribution in [2.45, 2.75) is 70.9 Å². The fraction of sp³-hybridized carbons (Fsp3) is 1.00. The van der Waals surface area contributed by atoms with E-state index >= 15 is 0 Å². The van der Waals surface area contributed by atoms with Gasteiger partial charge in [0.1, 0.15) is 0 Å². The van der Waals surface area contributed by atoms with Crippen molar-refractivity contribution in [3.8, 4) is 0 Å². The summed E-state index contributed by atoms with van der Waals surface area (Å²) in [6.45, 7) is 10.2. The Kier molecular flexibility index (Phi) is 7.32. The first-order valence-electron chi connectivity index (χ1n) is 8.87. The maximum Gasteiger partial charge on any atom is 0.0673 e. The molecule has 3 atom stereocenters. The van der Waals surface area contributed by atoms with Gasteiger partial charge in [-0.25, -0.2) is 0 Å². The lowest BCUT2D eigenvalue weighted by Gasteiger charge is -2.32. The van der Waals surface area contributed by atoms with Gasteiger partial charge in [0.2, 0.25) is 0 Å². The van der Waals surface area contributed by atoms with E-state index in [1.807, 2.05) is 0 Å². The molecule has 3 unspecified atom stereocenters. The van der Waals surface area contributed by atoms with E-state index in [9.17, 15) is 0 Å². The molecular weight excluding hydrogens is 248 g/mol. The quantitative estimate of drug-likeness (QED) is 0.784. The topological polar surface area (TPSA) is 24.5 Å². The van der Waals surface area contributed by atoms with Crippen LogP contribution in [-0.2, 0) is 4.74 Å². The third kappa shape index (κ3) is 5.34. The fourth-order valence-corrected chi connectivity index (χ4v) is 3.78. The molecule has 0 spiro atoms. The average Bonchev–Trinajstić information content (AvgIpc) is 2.77. The summed E-state index contributed by atoms with van der Waals surface area (Å²) in [5.74, 6) is 0.842. The van der Waals surface area contributed by atoms with Crippen LogP contribution in [0.15, 0.2) is 0 Å². The van der Waals surface area contributed by atoms with Crippen molar-refractivity contribution in [3.05, 3.63) is 0 Å². The van der Waals surface area contributed by atoms with Crippen molar-refractivity contribution < 1.29 is 4.74 Å². The van der Waals surface area contributed by atoms with Gasteiger partial charge in [0.15, 0.2) is 0 Å². The van der Waals surface area contributed by atoms with Crippen LogP contribution in [0, 0.1) is 5.92 Å². The Bertz CT molecular complexity index is 259. The Morgan fingerprint density at radius 1 is 1.15 bits per heavy atom. The maximum atomic E-state index is 5.78. The van der Waals surface area contributed by atoms with E-state index in [1.54, 1.807) is 0 Å². The van der Waals surface area contributed by atoms with Crippen LogP contribution in [0.4, 0.5) is 0 Å². The highest BCUT2D eigenvalue weighted by Crippen LogP contribution is 2.25. The lowest BCUT2D eigenvalue weighted by Crippen LogP contribution is -2.43. The van der Waals surface area contributed by atoms with E-state index in [1.165, 1.54) is 64.6 Å². The molecule has 2 fully saturated rings. The van der Waals surface area contributed by atoms with E-state index in [-0.39, 0.29) is 0 Å². The zero-order valence-corrected chi connectivity index (χ0v) is 13.6. The van der Waals surface area contributed by atoms with Gasteiger partial charge in [-0.3, -0.25) is 0 Å². The number of nitrogens with one attached hydrogen (secondary N) is 1. The number of hydrogen-bond donors (Lipinski definition) is 1. The molecule has 0 aromatic heterocycles. The molecule has 1 saturated carbocycles. The maximum absolute atomic E-state index is 5.78. The lowest BCUT2D eigenvalue weighted by atomic mass is 9.93.